The first-order valence-electron chi connectivity index (χ1n) is 5.84. The molecule has 3 rings (SSSR count). The minimum Gasteiger partial charge on any atom is -0.380 e. The Morgan fingerprint density at radius 3 is 3.11 bits per heavy atom. The van der Waals surface area contributed by atoms with Crippen LogP contribution in [0.1, 0.15) is 5.56 Å². The van der Waals surface area contributed by atoms with Crippen molar-refractivity contribution in [3.8, 4) is 0 Å². The van der Waals surface area contributed by atoms with Gasteiger partial charge in [0.05, 0.1) is 5.69 Å². The predicted octanol–water partition coefficient (Wildman–Crippen LogP) is 4.08. The molecule has 19 heavy (non-hydrogen) atoms. The maximum atomic E-state index is 13.2. The molecule has 0 spiro atoms. The summed E-state index contributed by atoms with van der Waals surface area (Å²) in [5, 5.41) is 4.29. The van der Waals surface area contributed by atoms with Crippen molar-refractivity contribution >= 4 is 32.7 Å². The van der Waals surface area contributed by atoms with Crippen LogP contribution in [-0.2, 0) is 6.54 Å². The molecule has 0 saturated carbocycles. The predicted molar refractivity (Wildman–Crippen MR) is 77.5 cm³/mol. The van der Waals surface area contributed by atoms with Crippen LogP contribution in [0.25, 0.3) is 11.0 Å². The van der Waals surface area contributed by atoms with Crippen LogP contribution in [0.3, 0.4) is 0 Å². The largest absolute Gasteiger partial charge is 0.380 e. The van der Waals surface area contributed by atoms with E-state index in [2.05, 4.69) is 31.2 Å². The van der Waals surface area contributed by atoms with Crippen LogP contribution in [0.15, 0.2) is 47.2 Å². The van der Waals surface area contributed by atoms with E-state index in [1.807, 2.05) is 18.3 Å². The SMILES string of the molecule is Fc1ccc(Br)c(NCc2c[nH]c3ncccc23)c1. The molecule has 3 nitrogen and oxygen atoms in total. The van der Waals surface area contributed by atoms with Gasteiger partial charge in [-0.2, -0.15) is 0 Å². The van der Waals surface area contributed by atoms with Crippen molar-refractivity contribution < 1.29 is 4.39 Å². The Labute approximate surface area is 118 Å². The fourth-order valence-electron chi connectivity index (χ4n) is 1.98. The number of aromatic nitrogens is 2. The minimum absolute atomic E-state index is 0.258. The zero-order chi connectivity index (χ0) is 13.2. The Kier molecular flexibility index (Phi) is 3.21. The number of hydrogen-bond acceptors (Lipinski definition) is 2. The summed E-state index contributed by atoms with van der Waals surface area (Å²) in [6.45, 7) is 0.605. The second-order valence-corrected chi connectivity index (χ2v) is 5.05. The number of halogens is 2. The molecule has 0 saturated heterocycles. The number of nitrogens with zero attached hydrogens (tertiary/aromatic N) is 1. The van der Waals surface area contributed by atoms with Gasteiger partial charge in [-0.1, -0.05) is 0 Å². The smallest absolute Gasteiger partial charge is 0.137 e. The Hall–Kier alpha value is -1.88. The molecule has 3 aromatic rings. The Balaban J connectivity index is 1.84. The number of H-pyrrole nitrogens is 1. The molecule has 0 fully saturated rings. The molecule has 2 N–H and O–H groups in total. The van der Waals surface area contributed by atoms with Crippen LogP contribution in [0.4, 0.5) is 10.1 Å². The third kappa shape index (κ3) is 2.46. The van der Waals surface area contributed by atoms with E-state index >= 15 is 0 Å². The van der Waals surface area contributed by atoms with E-state index in [1.165, 1.54) is 12.1 Å². The lowest BCUT2D eigenvalue weighted by molar-refractivity contribution is 0.628. The van der Waals surface area contributed by atoms with Crippen LogP contribution in [0, 0.1) is 5.82 Å². The number of aromatic amines is 1. The molecule has 0 radical (unpaired) electrons. The van der Waals surface area contributed by atoms with Gasteiger partial charge < -0.3 is 10.3 Å². The lowest BCUT2D eigenvalue weighted by atomic mass is 10.2. The highest BCUT2D eigenvalue weighted by Gasteiger charge is 2.05. The Morgan fingerprint density at radius 1 is 1.32 bits per heavy atom. The molecule has 0 aliphatic heterocycles. The maximum Gasteiger partial charge on any atom is 0.137 e. The average molecular weight is 320 g/mol. The van der Waals surface area contributed by atoms with Crippen LogP contribution < -0.4 is 5.32 Å². The van der Waals surface area contributed by atoms with Gasteiger partial charge in [-0.15, -0.1) is 0 Å². The second-order valence-electron chi connectivity index (χ2n) is 4.19. The maximum absolute atomic E-state index is 13.2. The number of anilines is 1. The fraction of sp³-hybridized carbons (Fsp3) is 0.0714. The molecule has 0 amide bonds. The third-order valence-corrected chi connectivity index (χ3v) is 3.63. The molecule has 0 aliphatic rings. The van der Waals surface area contributed by atoms with Crippen molar-refractivity contribution in [1.29, 1.82) is 0 Å². The first-order chi connectivity index (χ1) is 9.24. The first-order valence-corrected chi connectivity index (χ1v) is 6.63. The normalized spacial score (nSPS) is 10.8. The van der Waals surface area contributed by atoms with Crippen molar-refractivity contribution in [2.24, 2.45) is 0 Å². The molecule has 2 aromatic heterocycles. The first kappa shape index (κ1) is 12.2. The number of benzene rings is 1. The monoisotopic (exact) mass is 319 g/mol. The highest BCUT2D eigenvalue weighted by atomic mass is 79.9. The number of rotatable bonds is 3. The van der Waals surface area contributed by atoms with Crippen molar-refractivity contribution in [1.82, 2.24) is 9.97 Å². The van der Waals surface area contributed by atoms with Gasteiger partial charge >= 0.3 is 0 Å². The molecule has 1 aromatic carbocycles. The molecule has 0 bridgehead atoms. The Morgan fingerprint density at radius 2 is 2.21 bits per heavy atom. The summed E-state index contributed by atoms with van der Waals surface area (Å²) in [4.78, 5) is 7.35. The van der Waals surface area contributed by atoms with Crippen LogP contribution >= 0.6 is 15.9 Å². The lowest BCUT2D eigenvalue weighted by Gasteiger charge is -2.08. The summed E-state index contributed by atoms with van der Waals surface area (Å²) in [7, 11) is 0. The van der Waals surface area contributed by atoms with Gasteiger partial charge in [-0.05, 0) is 51.8 Å². The van der Waals surface area contributed by atoms with Crippen LogP contribution in [0.2, 0.25) is 0 Å². The number of hydrogen-bond donors (Lipinski definition) is 2. The van der Waals surface area contributed by atoms with E-state index < -0.39 is 0 Å². The molecular formula is C14H11BrFN3. The van der Waals surface area contributed by atoms with Gasteiger partial charge in [0.2, 0.25) is 0 Å². The van der Waals surface area contributed by atoms with Gasteiger partial charge in [0.15, 0.2) is 0 Å². The molecular weight excluding hydrogens is 309 g/mol. The summed E-state index contributed by atoms with van der Waals surface area (Å²) in [5.74, 6) is -0.258. The van der Waals surface area contributed by atoms with Crippen LogP contribution in [0.5, 0.6) is 0 Å². The quantitative estimate of drug-likeness (QED) is 0.763. The number of pyridine rings is 1. The van der Waals surface area contributed by atoms with E-state index in [1.54, 1.807) is 12.3 Å². The van der Waals surface area contributed by atoms with E-state index in [0.717, 1.165) is 26.8 Å². The summed E-state index contributed by atoms with van der Waals surface area (Å²) in [6.07, 6.45) is 3.66. The summed E-state index contributed by atoms with van der Waals surface area (Å²) in [5.41, 5.74) is 2.69. The van der Waals surface area contributed by atoms with Crippen molar-refractivity contribution in [2.75, 3.05) is 5.32 Å². The van der Waals surface area contributed by atoms with Crippen molar-refractivity contribution in [3.05, 3.63) is 58.6 Å². The second kappa shape index (κ2) is 5.01. The molecule has 0 aliphatic carbocycles. The highest BCUT2D eigenvalue weighted by molar-refractivity contribution is 9.10. The van der Waals surface area contributed by atoms with Gasteiger partial charge in [0.1, 0.15) is 11.5 Å². The summed E-state index contributed by atoms with van der Waals surface area (Å²) in [6, 6.07) is 8.49. The van der Waals surface area contributed by atoms with E-state index in [9.17, 15) is 4.39 Å². The molecule has 0 atom stereocenters. The topological polar surface area (TPSA) is 40.7 Å². The van der Waals surface area contributed by atoms with E-state index in [0.29, 0.717) is 6.54 Å². The molecule has 96 valence electrons. The zero-order valence-corrected chi connectivity index (χ0v) is 11.5. The van der Waals surface area contributed by atoms with E-state index in [-0.39, 0.29) is 5.82 Å². The third-order valence-electron chi connectivity index (χ3n) is 2.93. The van der Waals surface area contributed by atoms with Gasteiger partial charge in [0, 0.05) is 28.8 Å². The number of nitrogens with one attached hydrogen (secondary N) is 2. The number of fused-ring (bicyclic) bond motifs is 1. The average Bonchev–Trinajstić information content (AvgIpc) is 2.83. The molecule has 5 heteroatoms. The molecule has 0 unspecified atom stereocenters. The highest BCUT2D eigenvalue weighted by Crippen LogP contribution is 2.24. The standard InChI is InChI=1S/C14H11BrFN3/c15-12-4-3-10(16)6-13(12)18-7-9-8-19-14-11(9)2-1-5-17-14/h1-6,8,18H,7H2,(H,17,19). The van der Waals surface area contributed by atoms with Crippen molar-refractivity contribution in [2.45, 2.75) is 6.54 Å². The molecule has 2 heterocycles. The lowest BCUT2D eigenvalue weighted by Crippen LogP contribution is -1.99. The minimum atomic E-state index is -0.258. The van der Waals surface area contributed by atoms with Crippen molar-refractivity contribution in [3.63, 3.8) is 0 Å². The Bertz CT molecular complexity index is 724. The summed E-state index contributed by atoms with van der Waals surface area (Å²) < 4.78 is 14.0. The summed E-state index contributed by atoms with van der Waals surface area (Å²) >= 11 is 3.40. The van der Waals surface area contributed by atoms with Crippen LogP contribution in [-0.4, -0.2) is 9.97 Å². The fourth-order valence-corrected chi connectivity index (χ4v) is 2.37. The van der Waals surface area contributed by atoms with Gasteiger partial charge in [-0.25, -0.2) is 9.37 Å². The zero-order valence-electron chi connectivity index (χ0n) is 9.95. The van der Waals surface area contributed by atoms with Gasteiger partial charge in [0.25, 0.3) is 0 Å². The van der Waals surface area contributed by atoms with E-state index in [4.69, 9.17) is 0 Å². The van der Waals surface area contributed by atoms with Gasteiger partial charge in [-0.3, -0.25) is 0 Å².